The molecular formula is C19H22N3O2+. The second-order valence-corrected chi connectivity index (χ2v) is 5.71. The van der Waals surface area contributed by atoms with E-state index >= 15 is 0 Å². The molecule has 0 unspecified atom stereocenters. The lowest BCUT2D eigenvalue weighted by atomic mass is 10.2. The van der Waals surface area contributed by atoms with Gasteiger partial charge in [-0.1, -0.05) is 18.2 Å². The maximum Gasteiger partial charge on any atom is 0.235 e. The highest BCUT2D eigenvalue weighted by Crippen LogP contribution is 2.23. The van der Waals surface area contributed by atoms with Crippen LogP contribution in [-0.4, -0.2) is 25.0 Å². The molecule has 0 saturated carbocycles. The molecule has 1 amide bonds. The number of rotatable bonds is 6. The molecule has 1 heterocycles. The van der Waals surface area contributed by atoms with Crippen LogP contribution in [-0.2, 0) is 11.3 Å². The van der Waals surface area contributed by atoms with Gasteiger partial charge in [-0.25, -0.2) is 4.98 Å². The zero-order valence-electron chi connectivity index (χ0n) is 14.1. The average molecular weight is 324 g/mol. The second kappa shape index (κ2) is 7.25. The number of ether oxygens (including phenoxy) is 1. The third kappa shape index (κ3) is 3.15. The number of fused-ring (bicyclic) bond motifs is 2. The largest absolute Gasteiger partial charge is 0.494 e. The van der Waals surface area contributed by atoms with Gasteiger partial charge in [0.05, 0.1) is 7.11 Å². The van der Waals surface area contributed by atoms with E-state index < -0.39 is 0 Å². The van der Waals surface area contributed by atoms with Gasteiger partial charge < -0.3 is 10.1 Å². The molecule has 2 aromatic carbocycles. The first kappa shape index (κ1) is 16.2. The lowest BCUT2D eigenvalue weighted by Gasteiger charge is -2.08. The Morgan fingerprint density at radius 2 is 1.92 bits per heavy atom. The van der Waals surface area contributed by atoms with Gasteiger partial charge in [-0.2, -0.15) is 4.57 Å². The van der Waals surface area contributed by atoms with Crippen molar-refractivity contribution < 1.29 is 14.1 Å². The van der Waals surface area contributed by atoms with Crippen molar-refractivity contribution in [1.82, 2.24) is 10.3 Å². The van der Waals surface area contributed by atoms with Gasteiger partial charge in [0.2, 0.25) is 16.9 Å². The predicted molar refractivity (Wildman–Crippen MR) is 93.9 cm³/mol. The lowest BCUT2D eigenvalue weighted by Crippen LogP contribution is -2.36. The smallest absolute Gasteiger partial charge is 0.235 e. The Bertz CT molecular complexity index is 877. The highest BCUT2D eigenvalue weighted by molar-refractivity contribution is 5.85. The summed E-state index contributed by atoms with van der Waals surface area (Å²) in [7, 11) is 3.34. The SMILES string of the molecule is CNC(=O)CCCC[n+]1c2ccccc2nc2c(OC)cccc21. The quantitative estimate of drug-likeness (QED) is 0.431. The number of nitrogens with one attached hydrogen (secondary N) is 1. The summed E-state index contributed by atoms with van der Waals surface area (Å²) in [5.41, 5.74) is 3.96. The minimum Gasteiger partial charge on any atom is -0.494 e. The van der Waals surface area contributed by atoms with Crippen LogP contribution in [0, 0.1) is 0 Å². The van der Waals surface area contributed by atoms with Crippen LogP contribution >= 0.6 is 0 Å². The Hall–Kier alpha value is -2.69. The first-order chi connectivity index (χ1) is 11.7. The molecule has 24 heavy (non-hydrogen) atoms. The molecule has 0 radical (unpaired) electrons. The van der Waals surface area contributed by atoms with E-state index in [1.165, 1.54) is 0 Å². The number of unbranched alkanes of at least 4 members (excludes halogenated alkanes) is 1. The second-order valence-electron chi connectivity index (χ2n) is 5.71. The molecule has 1 aromatic heterocycles. The van der Waals surface area contributed by atoms with Crippen molar-refractivity contribution in [1.29, 1.82) is 0 Å². The fraction of sp³-hybridized carbons (Fsp3) is 0.316. The van der Waals surface area contributed by atoms with E-state index in [9.17, 15) is 4.79 Å². The number of carbonyl (C=O) groups is 1. The summed E-state index contributed by atoms with van der Waals surface area (Å²) in [6, 6.07) is 14.1. The van der Waals surface area contributed by atoms with Crippen molar-refractivity contribution in [3.05, 3.63) is 42.5 Å². The van der Waals surface area contributed by atoms with Crippen molar-refractivity contribution in [2.75, 3.05) is 14.2 Å². The van der Waals surface area contributed by atoms with E-state index in [0.717, 1.165) is 47.2 Å². The van der Waals surface area contributed by atoms with Crippen molar-refractivity contribution in [3.8, 4) is 5.75 Å². The number of methoxy groups -OCH3 is 1. The number of aryl methyl sites for hydroxylation is 1. The highest BCUT2D eigenvalue weighted by Gasteiger charge is 2.18. The van der Waals surface area contributed by atoms with E-state index in [4.69, 9.17) is 9.72 Å². The summed E-state index contributed by atoms with van der Waals surface area (Å²) >= 11 is 0. The zero-order chi connectivity index (χ0) is 16.9. The summed E-state index contributed by atoms with van der Waals surface area (Å²) in [5, 5.41) is 2.67. The lowest BCUT2D eigenvalue weighted by molar-refractivity contribution is -0.646. The van der Waals surface area contributed by atoms with Gasteiger partial charge in [0, 0.05) is 32.0 Å². The Morgan fingerprint density at radius 3 is 2.71 bits per heavy atom. The molecule has 0 aliphatic heterocycles. The zero-order valence-corrected chi connectivity index (χ0v) is 14.1. The molecular weight excluding hydrogens is 302 g/mol. The number of amides is 1. The maximum absolute atomic E-state index is 11.4. The molecule has 124 valence electrons. The standard InChI is InChI=1S/C19H21N3O2/c1-20-18(23)12-5-6-13-22-15-9-4-3-8-14(15)21-19-16(22)10-7-11-17(19)24-2/h3-4,7-11H,5-6,12-13H2,1-2H3/p+1. The number of benzene rings is 2. The van der Waals surface area contributed by atoms with E-state index in [1.807, 2.05) is 30.3 Å². The van der Waals surface area contributed by atoms with Crippen LogP contribution in [0.15, 0.2) is 42.5 Å². The highest BCUT2D eigenvalue weighted by atomic mass is 16.5. The van der Waals surface area contributed by atoms with Gasteiger partial charge in [0.1, 0.15) is 12.1 Å². The third-order valence-electron chi connectivity index (χ3n) is 4.21. The molecule has 0 spiro atoms. The fourth-order valence-corrected chi connectivity index (χ4v) is 2.96. The number of aromatic nitrogens is 2. The number of hydrogen-bond acceptors (Lipinski definition) is 3. The molecule has 0 bridgehead atoms. The summed E-state index contributed by atoms with van der Waals surface area (Å²) in [4.78, 5) is 16.2. The van der Waals surface area contributed by atoms with Gasteiger partial charge in [-0.05, 0) is 18.6 Å². The van der Waals surface area contributed by atoms with Gasteiger partial charge >= 0.3 is 0 Å². The van der Waals surface area contributed by atoms with Crippen molar-refractivity contribution in [2.45, 2.75) is 25.8 Å². The average Bonchev–Trinajstić information content (AvgIpc) is 2.63. The molecule has 5 nitrogen and oxygen atoms in total. The minimum atomic E-state index is 0.0890. The minimum absolute atomic E-state index is 0.0890. The third-order valence-corrected chi connectivity index (χ3v) is 4.21. The molecule has 0 atom stereocenters. The molecule has 0 aliphatic rings. The summed E-state index contributed by atoms with van der Waals surface area (Å²) in [6.07, 6.45) is 2.34. The first-order valence-electron chi connectivity index (χ1n) is 8.20. The number of hydrogen-bond donors (Lipinski definition) is 1. The Balaban J connectivity index is 2.00. The van der Waals surface area contributed by atoms with E-state index in [2.05, 4.69) is 22.0 Å². The van der Waals surface area contributed by atoms with Crippen LogP contribution < -0.4 is 14.6 Å². The van der Waals surface area contributed by atoms with Crippen LogP contribution in [0.1, 0.15) is 19.3 Å². The molecule has 0 aliphatic carbocycles. The number of para-hydroxylation sites is 3. The summed E-state index contributed by atoms with van der Waals surface area (Å²) in [6.45, 7) is 0.837. The number of nitrogens with zero attached hydrogens (tertiary/aromatic N) is 2. The van der Waals surface area contributed by atoms with Crippen molar-refractivity contribution in [3.63, 3.8) is 0 Å². The molecule has 0 saturated heterocycles. The molecule has 3 rings (SSSR count). The van der Waals surface area contributed by atoms with Gasteiger partial charge in [-0.3, -0.25) is 4.79 Å². The van der Waals surface area contributed by atoms with E-state index in [1.54, 1.807) is 14.2 Å². The first-order valence-corrected chi connectivity index (χ1v) is 8.20. The van der Waals surface area contributed by atoms with Gasteiger partial charge in [0.15, 0.2) is 11.3 Å². The van der Waals surface area contributed by atoms with Crippen LogP contribution in [0.25, 0.3) is 22.1 Å². The van der Waals surface area contributed by atoms with E-state index in [-0.39, 0.29) is 5.91 Å². The fourth-order valence-electron chi connectivity index (χ4n) is 2.96. The molecule has 3 aromatic rings. The monoisotopic (exact) mass is 324 g/mol. The summed E-state index contributed by atoms with van der Waals surface area (Å²) in [5.74, 6) is 0.864. The van der Waals surface area contributed by atoms with Gasteiger partial charge in [-0.15, -0.1) is 0 Å². The Kier molecular flexibility index (Phi) is 4.89. The Morgan fingerprint density at radius 1 is 1.12 bits per heavy atom. The van der Waals surface area contributed by atoms with Gasteiger partial charge in [0.25, 0.3) is 0 Å². The van der Waals surface area contributed by atoms with Crippen LogP contribution in [0.5, 0.6) is 5.75 Å². The summed E-state index contributed by atoms with van der Waals surface area (Å²) < 4.78 is 7.74. The number of carbonyl (C=O) groups excluding carboxylic acids is 1. The van der Waals surface area contributed by atoms with Crippen molar-refractivity contribution >= 4 is 28.0 Å². The van der Waals surface area contributed by atoms with Crippen molar-refractivity contribution in [2.24, 2.45) is 0 Å². The van der Waals surface area contributed by atoms with Crippen LogP contribution in [0.2, 0.25) is 0 Å². The maximum atomic E-state index is 11.4. The molecule has 1 N–H and O–H groups in total. The van der Waals surface area contributed by atoms with Crippen LogP contribution in [0.3, 0.4) is 0 Å². The van der Waals surface area contributed by atoms with E-state index in [0.29, 0.717) is 6.42 Å². The molecule has 5 heteroatoms. The predicted octanol–water partition coefficient (Wildman–Crippen LogP) is 2.60. The van der Waals surface area contributed by atoms with Crippen LogP contribution in [0.4, 0.5) is 0 Å². The normalized spacial score (nSPS) is 10.9. The Labute approximate surface area is 141 Å². The molecule has 0 fully saturated rings. The topological polar surface area (TPSA) is 55.1 Å².